The minimum absolute atomic E-state index is 0.483. The van der Waals surface area contributed by atoms with Crippen LogP contribution in [0.25, 0.3) is 0 Å². The lowest BCUT2D eigenvalue weighted by Crippen LogP contribution is -2.51. The molecule has 0 saturated carbocycles. The van der Waals surface area contributed by atoms with E-state index in [1.54, 1.807) is 0 Å². The van der Waals surface area contributed by atoms with Crippen LogP contribution in [0.5, 0.6) is 0 Å². The number of anilines is 2. The van der Waals surface area contributed by atoms with E-state index in [0.717, 1.165) is 37.1 Å². The van der Waals surface area contributed by atoms with Crippen molar-refractivity contribution in [3.05, 3.63) is 11.8 Å². The summed E-state index contributed by atoms with van der Waals surface area (Å²) < 4.78 is 0. The predicted molar refractivity (Wildman–Crippen MR) is 69.4 cm³/mol. The fraction of sp³-hybridized carbons (Fsp3) is 0.636. The molecule has 17 heavy (non-hydrogen) atoms. The predicted octanol–water partition coefficient (Wildman–Crippen LogP) is -0.436. The van der Waals surface area contributed by atoms with E-state index in [1.807, 2.05) is 24.9 Å². The van der Waals surface area contributed by atoms with Crippen LogP contribution in [0.4, 0.5) is 11.8 Å². The Morgan fingerprint density at radius 2 is 2.29 bits per heavy atom. The van der Waals surface area contributed by atoms with Gasteiger partial charge in [0.1, 0.15) is 5.82 Å². The first-order valence-corrected chi connectivity index (χ1v) is 5.93. The maximum atomic E-state index is 5.53. The number of nitrogens with zero attached hydrogens (tertiary/aromatic N) is 3. The van der Waals surface area contributed by atoms with Crippen molar-refractivity contribution in [2.45, 2.75) is 13.0 Å². The highest BCUT2D eigenvalue weighted by Crippen LogP contribution is 2.14. The molecule has 1 aliphatic rings. The smallest absolute Gasteiger partial charge is 0.227 e. The van der Waals surface area contributed by atoms with Gasteiger partial charge in [0.05, 0.1) is 6.04 Å². The second-order valence-electron chi connectivity index (χ2n) is 4.40. The van der Waals surface area contributed by atoms with Crippen molar-refractivity contribution in [3.63, 3.8) is 0 Å². The summed E-state index contributed by atoms with van der Waals surface area (Å²) in [5, 5.41) is 6.61. The molecule has 2 heterocycles. The molecule has 0 bridgehead atoms. The molecule has 0 radical (unpaired) electrons. The Balaban J connectivity index is 2.10. The minimum Gasteiger partial charge on any atom is -0.365 e. The van der Waals surface area contributed by atoms with Crippen LogP contribution in [0, 0.1) is 6.92 Å². The van der Waals surface area contributed by atoms with Gasteiger partial charge in [0.15, 0.2) is 0 Å². The van der Waals surface area contributed by atoms with Gasteiger partial charge in [-0.15, -0.1) is 0 Å². The molecule has 0 amide bonds. The number of likely N-dealkylation sites (N-methyl/N-ethyl adjacent to an activating group) is 1. The third-order valence-corrected chi connectivity index (χ3v) is 2.78. The zero-order chi connectivity index (χ0) is 12.3. The van der Waals surface area contributed by atoms with E-state index >= 15 is 0 Å². The summed E-state index contributed by atoms with van der Waals surface area (Å²) in [6, 6.07) is 2.45. The molecule has 0 aliphatic carbocycles. The molecule has 4 N–H and O–H groups in total. The van der Waals surface area contributed by atoms with Gasteiger partial charge in [-0.1, -0.05) is 0 Å². The third-order valence-electron chi connectivity index (χ3n) is 2.78. The molecule has 94 valence electrons. The maximum absolute atomic E-state index is 5.53. The van der Waals surface area contributed by atoms with Crippen LogP contribution in [-0.4, -0.2) is 49.2 Å². The molecule has 6 heteroatoms. The summed E-state index contributed by atoms with van der Waals surface area (Å²) in [6.07, 6.45) is 0. The van der Waals surface area contributed by atoms with Crippen LogP contribution in [0.3, 0.4) is 0 Å². The van der Waals surface area contributed by atoms with E-state index < -0.39 is 0 Å². The van der Waals surface area contributed by atoms with Crippen molar-refractivity contribution in [2.75, 3.05) is 43.4 Å². The van der Waals surface area contributed by atoms with Crippen molar-refractivity contribution in [3.8, 4) is 0 Å². The lowest BCUT2D eigenvalue weighted by atomic mass is 10.2. The van der Waals surface area contributed by atoms with Crippen LogP contribution >= 0.6 is 0 Å². The normalized spacial score (nSPS) is 15.5. The van der Waals surface area contributed by atoms with E-state index in [-0.39, 0.29) is 0 Å². The van der Waals surface area contributed by atoms with E-state index in [4.69, 9.17) is 5.73 Å². The standard InChI is InChI=1S/C11H20N6/c1-8-5-10(15-9-6-13-7-9)16-11(14-8)17(2)4-3-12/h5,9,13H,3-4,6-7,12H2,1-2H3,(H,14,15,16). The second kappa shape index (κ2) is 5.29. The molecule has 1 fully saturated rings. The topological polar surface area (TPSA) is 79.1 Å². The molecule has 1 aliphatic heterocycles. The number of aromatic nitrogens is 2. The number of hydrogen-bond acceptors (Lipinski definition) is 6. The average Bonchev–Trinajstić information content (AvgIpc) is 2.23. The van der Waals surface area contributed by atoms with Crippen LogP contribution < -0.4 is 21.3 Å². The lowest BCUT2D eigenvalue weighted by Gasteiger charge is -2.29. The molecule has 0 spiro atoms. The van der Waals surface area contributed by atoms with Gasteiger partial charge in [-0.25, -0.2) is 4.98 Å². The van der Waals surface area contributed by atoms with E-state index in [2.05, 4.69) is 20.6 Å². The van der Waals surface area contributed by atoms with E-state index in [0.29, 0.717) is 12.6 Å². The Morgan fingerprint density at radius 3 is 2.88 bits per heavy atom. The summed E-state index contributed by atoms with van der Waals surface area (Å²) in [7, 11) is 1.95. The van der Waals surface area contributed by atoms with Crippen molar-refractivity contribution in [1.82, 2.24) is 15.3 Å². The highest BCUT2D eigenvalue weighted by molar-refractivity contribution is 5.44. The highest BCUT2D eigenvalue weighted by atomic mass is 15.3. The van der Waals surface area contributed by atoms with Gasteiger partial charge >= 0.3 is 0 Å². The zero-order valence-electron chi connectivity index (χ0n) is 10.4. The Labute approximate surface area is 102 Å². The second-order valence-corrected chi connectivity index (χ2v) is 4.40. The van der Waals surface area contributed by atoms with E-state index in [9.17, 15) is 0 Å². The highest BCUT2D eigenvalue weighted by Gasteiger charge is 2.17. The average molecular weight is 236 g/mol. The molecule has 1 saturated heterocycles. The maximum Gasteiger partial charge on any atom is 0.227 e. The summed E-state index contributed by atoms with van der Waals surface area (Å²) in [5.74, 6) is 1.62. The largest absolute Gasteiger partial charge is 0.365 e. The Morgan fingerprint density at radius 1 is 1.53 bits per heavy atom. The number of nitrogens with one attached hydrogen (secondary N) is 2. The quantitative estimate of drug-likeness (QED) is 0.643. The van der Waals surface area contributed by atoms with E-state index in [1.165, 1.54) is 0 Å². The van der Waals surface area contributed by atoms with Gasteiger partial charge in [-0.3, -0.25) is 0 Å². The summed E-state index contributed by atoms with van der Waals surface area (Å²) >= 11 is 0. The molecule has 1 aromatic rings. The van der Waals surface area contributed by atoms with Gasteiger partial charge in [-0.2, -0.15) is 4.98 Å². The molecule has 0 aromatic carbocycles. The summed E-state index contributed by atoms with van der Waals surface area (Å²) in [5.41, 5.74) is 6.50. The fourth-order valence-corrected chi connectivity index (χ4v) is 1.69. The van der Waals surface area contributed by atoms with Gasteiger partial charge in [-0.05, 0) is 6.92 Å². The van der Waals surface area contributed by atoms with Crippen LogP contribution in [0.15, 0.2) is 6.07 Å². The Bertz CT molecular complexity index is 376. The number of rotatable bonds is 5. The van der Waals surface area contributed by atoms with Crippen molar-refractivity contribution in [2.24, 2.45) is 5.73 Å². The summed E-state index contributed by atoms with van der Waals surface area (Å²) in [6.45, 7) is 5.33. The molecule has 0 atom stereocenters. The number of aryl methyl sites for hydroxylation is 1. The third kappa shape index (κ3) is 3.04. The Kier molecular flexibility index (Phi) is 3.75. The minimum atomic E-state index is 0.483. The first-order valence-electron chi connectivity index (χ1n) is 5.93. The fourth-order valence-electron chi connectivity index (χ4n) is 1.69. The molecule has 1 aromatic heterocycles. The van der Waals surface area contributed by atoms with Gasteiger partial charge in [0.2, 0.25) is 5.95 Å². The van der Waals surface area contributed by atoms with Crippen molar-refractivity contribution >= 4 is 11.8 Å². The van der Waals surface area contributed by atoms with Crippen LogP contribution in [0.2, 0.25) is 0 Å². The summed E-state index contributed by atoms with van der Waals surface area (Å²) in [4.78, 5) is 10.9. The number of hydrogen-bond donors (Lipinski definition) is 3. The molecular weight excluding hydrogens is 216 g/mol. The van der Waals surface area contributed by atoms with Gasteiger partial charge < -0.3 is 21.3 Å². The number of nitrogens with two attached hydrogens (primary N) is 1. The SMILES string of the molecule is Cc1cc(NC2CNC2)nc(N(C)CCN)n1. The van der Waals surface area contributed by atoms with Crippen LogP contribution in [0.1, 0.15) is 5.69 Å². The van der Waals surface area contributed by atoms with Gasteiger partial charge in [0.25, 0.3) is 0 Å². The van der Waals surface area contributed by atoms with Crippen molar-refractivity contribution in [1.29, 1.82) is 0 Å². The van der Waals surface area contributed by atoms with Gasteiger partial charge in [0, 0.05) is 45.0 Å². The lowest BCUT2D eigenvalue weighted by molar-refractivity contribution is 0.471. The van der Waals surface area contributed by atoms with Crippen molar-refractivity contribution < 1.29 is 0 Å². The molecular formula is C11H20N6. The molecule has 0 unspecified atom stereocenters. The first kappa shape index (κ1) is 12.1. The monoisotopic (exact) mass is 236 g/mol. The zero-order valence-corrected chi connectivity index (χ0v) is 10.4. The molecule has 2 rings (SSSR count). The molecule has 6 nitrogen and oxygen atoms in total. The Hall–Kier alpha value is -1.40. The first-order chi connectivity index (χ1) is 8.19. The van der Waals surface area contributed by atoms with Crippen LogP contribution in [-0.2, 0) is 0 Å².